The molecule has 3 rings (SSSR count). The molecule has 2 aliphatic rings. The Labute approximate surface area is 135 Å². The smallest absolute Gasteiger partial charge is 0.142 e. The molecule has 2 heteroatoms. The zero-order chi connectivity index (χ0) is 16.3. The minimum absolute atomic E-state index is 0.0927. The zero-order valence-corrected chi connectivity index (χ0v) is 14.9. The van der Waals surface area contributed by atoms with Gasteiger partial charge in [0.15, 0.2) is 0 Å². The first-order valence-electron chi connectivity index (χ1n) is 8.53. The fourth-order valence-electron chi connectivity index (χ4n) is 4.84. The molecule has 0 N–H and O–H groups in total. The lowest BCUT2D eigenvalue weighted by atomic mass is 9.70. The quantitative estimate of drug-likeness (QED) is 0.769. The van der Waals surface area contributed by atoms with Gasteiger partial charge in [-0.3, -0.25) is 9.28 Å². The standard InChI is InChI=1S/C20H30NO/c1-19(2)17-11-12-20(19,3)18(22)16(17)13-14-7-9-15(10-8-14)21(4,5)6/h7-10,16-17H,11-13H2,1-6H3/q+1. The molecule has 0 radical (unpaired) electrons. The Bertz CT molecular complexity index is 593. The molecule has 2 nitrogen and oxygen atoms in total. The van der Waals surface area contributed by atoms with E-state index in [1.165, 1.54) is 17.7 Å². The summed E-state index contributed by atoms with van der Waals surface area (Å²) in [4.78, 5) is 12.9. The highest BCUT2D eigenvalue weighted by molar-refractivity contribution is 5.91. The molecule has 2 bridgehead atoms. The fourth-order valence-corrected chi connectivity index (χ4v) is 4.84. The number of quaternary nitrogens is 1. The van der Waals surface area contributed by atoms with E-state index < -0.39 is 0 Å². The van der Waals surface area contributed by atoms with E-state index in [4.69, 9.17) is 0 Å². The van der Waals surface area contributed by atoms with Crippen molar-refractivity contribution in [2.75, 3.05) is 21.1 Å². The molecule has 0 aromatic heterocycles. The predicted molar refractivity (Wildman–Crippen MR) is 92.8 cm³/mol. The molecule has 2 saturated carbocycles. The Balaban J connectivity index is 1.82. The first kappa shape index (κ1) is 15.7. The summed E-state index contributed by atoms with van der Waals surface area (Å²) in [5.74, 6) is 1.30. The Hall–Kier alpha value is -1.15. The van der Waals surface area contributed by atoms with Crippen LogP contribution in [0.3, 0.4) is 0 Å². The fraction of sp³-hybridized carbons (Fsp3) is 0.650. The summed E-state index contributed by atoms with van der Waals surface area (Å²) in [5.41, 5.74) is 2.68. The lowest BCUT2D eigenvalue weighted by Crippen LogP contribution is -2.34. The summed E-state index contributed by atoms with van der Waals surface area (Å²) in [6.07, 6.45) is 3.22. The molecule has 1 aromatic carbocycles. The van der Waals surface area contributed by atoms with E-state index in [0.29, 0.717) is 11.7 Å². The molecule has 0 aliphatic heterocycles. The monoisotopic (exact) mass is 300 g/mol. The highest BCUT2D eigenvalue weighted by Gasteiger charge is 2.65. The normalized spacial score (nSPS) is 33.5. The van der Waals surface area contributed by atoms with Crippen molar-refractivity contribution in [3.8, 4) is 0 Å². The lowest BCUT2D eigenvalue weighted by molar-refractivity contribution is -0.131. The molecule has 22 heavy (non-hydrogen) atoms. The third kappa shape index (κ3) is 2.07. The van der Waals surface area contributed by atoms with Gasteiger partial charge in [-0.05, 0) is 48.3 Å². The van der Waals surface area contributed by atoms with Crippen LogP contribution in [0.2, 0.25) is 0 Å². The molecule has 2 aliphatic carbocycles. The average Bonchev–Trinajstić information content (AvgIpc) is 2.73. The third-order valence-electron chi connectivity index (χ3n) is 6.84. The van der Waals surface area contributed by atoms with Crippen molar-refractivity contribution in [3.63, 3.8) is 0 Å². The van der Waals surface area contributed by atoms with Gasteiger partial charge in [0.05, 0.1) is 21.1 Å². The summed E-state index contributed by atoms with van der Waals surface area (Å²) in [6.45, 7) is 6.82. The second kappa shape index (κ2) is 4.67. The Morgan fingerprint density at radius 2 is 1.68 bits per heavy atom. The predicted octanol–water partition coefficient (Wildman–Crippen LogP) is 4.07. The van der Waals surface area contributed by atoms with Crippen LogP contribution in [0, 0.1) is 22.7 Å². The molecule has 1 aromatic rings. The second-order valence-corrected chi connectivity index (χ2v) is 9.05. The first-order valence-corrected chi connectivity index (χ1v) is 8.53. The van der Waals surface area contributed by atoms with Crippen molar-refractivity contribution in [2.24, 2.45) is 22.7 Å². The summed E-state index contributed by atoms with van der Waals surface area (Å²) in [6, 6.07) is 8.85. The second-order valence-electron chi connectivity index (χ2n) is 9.05. The number of carbonyl (C=O) groups is 1. The van der Waals surface area contributed by atoms with Gasteiger partial charge >= 0.3 is 0 Å². The summed E-state index contributed by atoms with van der Waals surface area (Å²) < 4.78 is 0.830. The number of fused-ring (bicyclic) bond motifs is 2. The molecule has 3 atom stereocenters. The molecule has 0 saturated heterocycles. The number of hydrogen-bond acceptors (Lipinski definition) is 1. The minimum atomic E-state index is -0.0927. The SMILES string of the molecule is CC12CCC(C(Cc3ccc([N+](C)(C)C)cc3)C1=O)C2(C)C. The Kier molecular flexibility index (Phi) is 3.34. The number of carbonyl (C=O) groups excluding carboxylic acids is 1. The molecular formula is C20H30NO+. The van der Waals surface area contributed by atoms with Crippen molar-refractivity contribution in [1.29, 1.82) is 0 Å². The number of rotatable bonds is 3. The van der Waals surface area contributed by atoms with Gasteiger partial charge in [0, 0.05) is 11.3 Å². The van der Waals surface area contributed by atoms with E-state index in [1.807, 2.05) is 0 Å². The van der Waals surface area contributed by atoms with Crippen molar-refractivity contribution >= 4 is 11.5 Å². The van der Waals surface area contributed by atoms with Crippen LogP contribution in [-0.4, -0.2) is 26.9 Å². The van der Waals surface area contributed by atoms with Crippen molar-refractivity contribution < 1.29 is 4.79 Å². The van der Waals surface area contributed by atoms with Gasteiger partial charge in [0.1, 0.15) is 11.5 Å². The number of ketones is 1. The molecular weight excluding hydrogens is 270 g/mol. The van der Waals surface area contributed by atoms with Crippen LogP contribution < -0.4 is 4.48 Å². The maximum absolute atomic E-state index is 12.9. The molecule has 0 amide bonds. The van der Waals surface area contributed by atoms with Crippen LogP contribution in [0.4, 0.5) is 5.69 Å². The van der Waals surface area contributed by atoms with Crippen LogP contribution in [-0.2, 0) is 11.2 Å². The van der Waals surface area contributed by atoms with Gasteiger partial charge < -0.3 is 0 Å². The summed E-state index contributed by atoms with van der Waals surface area (Å²) in [5, 5.41) is 0. The Morgan fingerprint density at radius 3 is 2.14 bits per heavy atom. The lowest BCUT2D eigenvalue weighted by Gasteiger charge is -2.32. The van der Waals surface area contributed by atoms with Gasteiger partial charge in [-0.25, -0.2) is 0 Å². The molecule has 2 fully saturated rings. The Morgan fingerprint density at radius 1 is 1.09 bits per heavy atom. The highest BCUT2D eigenvalue weighted by Crippen LogP contribution is 2.66. The zero-order valence-electron chi connectivity index (χ0n) is 14.9. The van der Waals surface area contributed by atoms with E-state index in [2.05, 4.69) is 66.2 Å². The van der Waals surface area contributed by atoms with Crippen LogP contribution >= 0.6 is 0 Å². The van der Waals surface area contributed by atoms with Gasteiger partial charge in [-0.2, -0.15) is 0 Å². The van der Waals surface area contributed by atoms with Crippen molar-refractivity contribution in [2.45, 2.75) is 40.0 Å². The maximum Gasteiger partial charge on any atom is 0.142 e. The van der Waals surface area contributed by atoms with E-state index >= 15 is 0 Å². The van der Waals surface area contributed by atoms with E-state index in [1.54, 1.807) is 0 Å². The first-order chi connectivity index (χ1) is 10.1. The molecule has 3 unspecified atom stereocenters. The maximum atomic E-state index is 12.9. The van der Waals surface area contributed by atoms with E-state index in [0.717, 1.165) is 17.3 Å². The van der Waals surface area contributed by atoms with Gasteiger partial charge in [-0.15, -0.1) is 0 Å². The van der Waals surface area contributed by atoms with Crippen molar-refractivity contribution in [1.82, 2.24) is 4.48 Å². The van der Waals surface area contributed by atoms with Crippen LogP contribution in [0.5, 0.6) is 0 Å². The number of benzene rings is 1. The van der Waals surface area contributed by atoms with Gasteiger partial charge in [-0.1, -0.05) is 32.9 Å². The van der Waals surface area contributed by atoms with Gasteiger partial charge in [0.2, 0.25) is 0 Å². The highest BCUT2D eigenvalue weighted by atomic mass is 16.1. The molecule has 0 spiro atoms. The van der Waals surface area contributed by atoms with Gasteiger partial charge in [0.25, 0.3) is 0 Å². The third-order valence-corrected chi connectivity index (χ3v) is 6.84. The number of hydrogen-bond donors (Lipinski definition) is 0. The van der Waals surface area contributed by atoms with Crippen LogP contribution in [0.1, 0.15) is 39.2 Å². The van der Waals surface area contributed by atoms with Crippen LogP contribution in [0.25, 0.3) is 0 Å². The molecule has 0 heterocycles. The summed E-state index contributed by atoms with van der Waals surface area (Å²) in [7, 11) is 6.54. The summed E-state index contributed by atoms with van der Waals surface area (Å²) >= 11 is 0. The topological polar surface area (TPSA) is 17.1 Å². The number of Topliss-reactive ketones (excluding diaryl/α,β-unsaturated/α-hetero) is 1. The van der Waals surface area contributed by atoms with Crippen molar-refractivity contribution in [3.05, 3.63) is 29.8 Å². The van der Waals surface area contributed by atoms with E-state index in [9.17, 15) is 4.79 Å². The number of nitrogens with zero attached hydrogens (tertiary/aromatic N) is 1. The van der Waals surface area contributed by atoms with E-state index in [-0.39, 0.29) is 16.7 Å². The average molecular weight is 300 g/mol. The largest absolute Gasteiger partial charge is 0.299 e. The minimum Gasteiger partial charge on any atom is -0.299 e. The molecule has 120 valence electrons. The van der Waals surface area contributed by atoms with Crippen LogP contribution in [0.15, 0.2) is 24.3 Å².